The Morgan fingerprint density at radius 3 is 2.26 bits per heavy atom. The predicted molar refractivity (Wildman–Crippen MR) is 106 cm³/mol. The molecule has 0 atom stereocenters. The van der Waals surface area contributed by atoms with Gasteiger partial charge in [0, 0.05) is 63.8 Å². The third-order valence-electron chi connectivity index (χ3n) is 5.19. The molecule has 4 rings (SSSR count). The first-order valence-corrected chi connectivity index (χ1v) is 9.54. The van der Waals surface area contributed by atoms with E-state index in [-0.39, 0.29) is 5.82 Å². The molecule has 140 valence electrons. The third-order valence-corrected chi connectivity index (χ3v) is 5.19. The van der Waals surface area contributed by atoms with Crippen LogP contribution in [0.3, 0.4) is 0 Å². The van der Waals surface area contributed by atoms with Crippen molar-refractivity contribution in [3.8, 4) is 11.4 Å². The van der Waals surface area contributed by atoms with Gasteiger partial charge >= 0.3 is 0 Å². The molecule has 2 aromatic carbocycles. The maximum absolute atomic E-state index is 13.0. The Morgan fingerprint density at radius 2 is 1.52 bits per heavy atom. The first kappa shape index (κ1) is 17.9. The number of hydrogen-bond donors (Lipinski definition) is 0. The molecule has 1 aliphatic rings. The largest absolute Gasteiger partial charge is 0.330 e. The monoisotopic (exact) mass is 364 g/mol. The molecule has 0 saturated carbocycles. The summed E-state index contributed by atoms with van der Waals surface area (Å²) in [6.45, 7) is 7.10. The van der Waals surface area contributed by atoms with E-state index < -0.39 is 0 Å². The Labute approximate surface area is 159 Å². The summed E-state index contributed by atoms with van der Waals surface area (Å²) in [5.74, 6) is 0.864. The van der Waals surface area contributed by atoms with Crippen molar-refractivity contribution in [1.82, 2.24) is 19.4 Å². The summed E-state index contributed by atoms with van der Waals surface area (Å²) in [5.41, 5.74) is 2.34. The lowest BCUT2D eigenvalue weighted by Gasteiger charge is -2.34. The number of hydrogen-bond acceptors (Lipinski definition) is 3. The van der Waals surface area contributed by atoms with Crippen LogP contribution in [0.2, 0.25) is 0 Å². The second-order valence-corrected chi connectivity index (χ2v) is 7.05. The molecule has 0 amide bonds. The van der Waals surface area contributed by atoms with Crippen LogP contribution >= 0.6 is 0 Å². The fourth-order valence-electron chi connectivity index (χ4n) is 3.61. The molecule has 1 aliphatic heterocycles. The number of rotatable bonds is 6. The van der Waals surface area contributed by atoms with Crippen LogP contribution in [0.15, 0.2) is 67.0 Å². The molecule has 0 N–H and O–H groups in total. The number of nitrogens with zero attached hydrogens (tertiary/aromatic N) is 4. The number of benzene rings is 2. The van der Waals surface area contributed by atoms with Crippen LogP contribution < -0.4 is 0 Å². The Morgan fingerprint density at radius 1 is 0.815 bits per heavy atom. The molecule has 4 nitrogen and oxygen atoms in total. The van der Waals surface area contributed by atoms with Gasteiger partial charge in [-0.15, -0.1) is 0 Å². The molecule has 1 saturated heterocycles. The Kier molecular flexibility index (Phi) is 5.61. The fraction of sp³-hybridized carbons (Fsp3) is 0.318. The number of piperazine rings is 1. The predicted octanol–water partition coefficient (Wildman–Crippen LogP) is 3.51. The van der Waals surface area contributed by atoms with E-state index in [9.17, 15) is 4.39 Å². The van der Waals surface area contributed by atoms with Gasteiger partial charge in [0.15, 0.2) is 0 Å². The minimum absolute atomic E-state index is 0.169. The van der Waals surface area contributed by atoms with E-state index in [1.54, 1.807) is 12.1 Å². The van der Waals surface area contributed by atoms with Crippen molar-refractivity contribution >= 4 is 0 Å². The molecular weight excluding hydrogens is 339 g/mol. The summed E-state index contributed by atoms with van der Waals surface area (Å²) >= 11 is 0. The van der Waals surface area contributed by atoms with Gasteiger partial charge in [0.2, 0.25) is 0 Å². The average Bonchev–Trinajstić information content (AvgIpc) is 3.19. The van der Waals surface area contributed by atoms with Gasteiger partial charge in [-0.25, -0.2) is 9.37 Å². The summed E-state index contributed by atoms with van der Waals surface area (Å²) < 4.78 is 15.3. The van der Waals surface area contributed by atoms with Crippen molar-refractivity contribution in [2.45, 2.75) is 13.1 Å². The van der Waals surface area contributed by atoms with Crippen molar-refractivity contribution in [2.24, 2.45) is 0 Å². The zero-order valence-electron chi connectivity index (χ0n) is 15.5. The van der Waals surface area contributed by atoms with Crippen molar-refractivity contribution in [3.63, 3.8) is 0 Å². The molecule has 0 spiro atoms. The third kappa shape index (κ3) is 4.62. The summed E-state index contributed by atoms with van der Waals surface area (Å²) in [5, 5.41) is 0. The van der Waals surface area contributed by atoms with E-state index in [0.29, 0.717) is 0 Å². The van der Waals surface area contributed by atoms with Crippen LogP contribution in [-0.4, -0.2) is 52.1 Å². The second kappa shape index (κ2) is 8.46. The molecule has 1 aromatic heterocycles. The van der Waals surface area contributed by atoms with E-state index in [2.05, 4.69) is 49.8 Å². The lowest BCUT2D eigenvalue weighted by molar-refractivity contribution is 0.124. The normalized spacial score (nSPS) is 15.9. The van der Waals surface area contributed by atoms with Crippen LogP contribution in [0.4, 0.5) is 4.39 Å². The van der Waals surface area contributed by atoms with Crippen LogP contribution in [0.5, 0.6) is 0 Å². The van der Waals surface area contributed by atoms with E-state index in [0.717, 1.165) is 57.2 Å². The highest BCUT2D eigenvalue weighted by Crippen LogP contribution is 2.17. The van der Waals surface area contributed by atoms with Gasteiger partial charge in [-0.1, -0.05) is 42.5 Å². The van der Waals surface area contributed by atoms with Gasteiger partial charge in [-0.05, 0) is 17.7 Å². The first-order valence-electron chi connectivity index (χ1n) is 9.54. The van der Waals surface area contributed by atoms with Crippen LogP contribution in [-0.2, 0) is 13.1 Å². The topological polar surface area (TPSA) is 24.3 Å². The number of aromatic nitrogens is 2. The molecule has 0 unspecified atom stereocenters. The molecule has 5 heteroatoms. The summed E-state index contributed by atoms with van der Waals surface area (Å²) in [6.07, 6.45) is 3.94. The first-order chi connectivity index (χ1) is 13.3. The summed E-state index contributed by atoms with van der Waals surface area (Å²) in [4.78, 5) is 9.48. The van der Waals surface area contributed by atoms with E-state index in [1.807, 2.05) is 24.4 Å². The van der Waals surface area contributed by atoms with Gasteiger partial charge in [0.05, 0.1) is 0 Å². The SMILES string of the molecule is Fc1ccc(CN2CCN(CCn3ccnc3-c3ccccc3)CC2)cc1. The quantitative estimate of drug-likeness (QED) is 0.669. The number of halogens is 1. The van der Waals surface area contributed by atoms with Crippen LogP contribution in [0.25, 0.3) is 11.4 Å². The van der Waals surface area contributed by atoms with Crippen molar-refractivity contribution < 1.29 is 4.39 Å². The van der Waals surface area contributed by atoms with Crippen molar-refractivity contribution in [3.05, 3.63) is 78.4 Å². The molecule has 27 heavy (non-hydrogen) atoms. The zero-order valence-corrected chi connectivity index (χ0v) is 15.5. The second-order valence-electron chi connectivity index (χ2n) is 7.05. The van der Waals surface area contributed by atoms with Gasteiger partial charge in [-0.2, -0.15) is 0 Å². The lowest BCUT2D eigenvalue weighted by atomic mass is 10.2. The van der Waals surface area contributed by atoms with Gasteiger partial charge in [0.1, 0.15) is 11.6 Å². The highest BCUT2D eigenvalue weighted by atomic mass is 19.1. The molecular formula is C22H25FN4. The Hall–Kier alpha value is -2.50. The van der Waals surface area contributed by atoms with Crippen molar-refractivity contribution in [2.75, 3.05) is 32.7 Å². The van der Waals surface area contributed by atoms with E-state index in [4.69, 9.17) is 0 Å². The molecule has 3 aromatic rings. The molecule has 2 heterocycles. The minimum Gasteiger partial charge on any atom is -0.330 e. The highest BCUT2D eigenvalue weighted by molar-refractivity contribution is 5.55. The zero-order chi connectivity index (χ0) is 18.5. The summed E-state index contributed by atoms with van der Waals surface area (Å²) in [6, 6.07) is 17.2. The van der Waals surface area contributed by atoms with E-state index in [1.165, 1.54) is 5.56 Å². The molecule has 0 aliphatic carbocycles. The standard InChI is InChI=1S/C22H25FN4/c23-21-8-6-19(7-9-21)18-26-14-12-25(13-15-26)16-17-27-11-10-24-22(27)20-4-2-1-3-5-20/h1-11H,12-18H2. The fourth-order valence-corrected chi connectivity index (χ4v) is 3.61. The van der Waals surface area contributed by atoms with Gasteiger partial charge in [0.25, 0.3) is 0 Å². The maximum atomic E-state index is 13.0. The maximum Gasteiger partial charge on any atom is 0.139 e. The molecule has 1 fully saturated rings. The smallest absolute Gasteiger partial charge is 0.139 e. The number of imidazole rings is 1. The highest BCUT2D eigenvalue weighted by Gasteiger charge is 2.17. The Bertz CT molecular complexity index is 836. The molecule has 0 radical (unpaired) electrons. The van der Waals surface area contributed by atoms with E-state index >= 15 is 0 Å². The van der Waals surface area contributed by atoms with Crippen molar-refractivity contribution in [1.29, 1.82) is 0 Å². The van der Waals surface area contributed by atoms with Gasteiger partial charge in [-0.3, -0.25) is 9.80 Å². The van der Waals surface area contributed by atoms with Gasteiger partial charge < -0.3 is 4.57 Å². The average molecular weight is 364 g/mol. The summed E-state index contributed by atoms with van der Waals surface area (Å²) in [7, 11) is 0. The minimum atomic E-state index is -0.169. The Balaban J connectivity index is 1.27. The van der Waals surface area contributed by atoms with Crippen LogP contribution in [0.1, 0.15) is 5.56 Å². The molecule has 0 bridgehead atoms. The van der Waals surface area contributed by atoms with Crippen LogP contribution in [0, 0.1) is 5.82 Å². The lowest BCUT2D eigenvalue weighted by Crippen LogP contribution is -2.46.